The largest absolute Gasteiger partial charge is 0.497 e. The van der Waals surface area contributed by atoms with Crippen molar-refractivity contribution >= 4 is 17.8 Å². The molecule has 2 aromatic carbocycles. The molecule has 0 saturated carbocycles. The summed E-state index contributed by atoms with van der Waals surface area (Å²) >= 11 is 0. The highest BCUT2D eigenvalue weighted by Gasteiger charge is 2.28. The van der Waals surface area contributed by atoms with Crippen LogP contribution in [0.25, 0.3) is 6.08 Å². The van der Waals surface area contributed by atoms with Crippen molar-refractivity contribution in [2.75, 3.05) is 14.2 Å². The molecule has 7 heteroatoms. The van der Waals surface area contributed by atoms with E-state index in [1.54, 1.807) is 69.0 Å². The normalized spacial score (nSPS) is 13.5. The lowest BCUT2D eigenvalue weighted by Crippen LogP contribution is -2.08. The highest BCUT2D eigenvalue weighted by atomic mass is 16.5. The molecule has 0 radical (unpaired) electrons. The summed E-state index contributed by atoms with van der Waals surface area (Å²) in [6, 6.07) is 13.1. The van der Waals surface area contributed by atoms with Crippen LogP contribution < -0.4 is 18.9 Å². The molecule has 0 amide bonds. The molecule has 0 bridgehead atoms. The summed E-state index contributed by atoms with van der Waals surface area (Å²) < 4.78 is 21.7. The van der Waals surface area contributed by atoms with Gasteiger partial charge in [0.2, 0.25) is 5.78 Å². The Morgan fingerprint density at radius 3 is 2.60 bits per heavy atom. The highest BCUT2D eigenvalue weighted by molar-refractivity contribution is 6.14. The first kappa shape index (κ1) is 19.2. The third kappa shape index (κ3) is 3.73. The average Bonchev–Trinajstić information content (AvgIpc) is 3.08. The first-order valence-corrected chi connectivity index (χ1v) is 9.01. The van der Waals surface area contributed by atoms with Gasteiger partial charge in [-0.1, -0.05) is 0 Å². The van der Waals surface area contributed by atoms with Crippen molar-refractivity contribution in [3.05, 3.63) is 83.4 Å². The van der Waals surface area contributed by atoms with Crippen LogP contribution in [0.2, 0.25) is 0 Å². The second-order valence-corrected chi connectivity index (χ2v) is 6.34. The SMILES string of the molecule is COc1ccc(OC)c(/C=C2\Oc3cc(OC(=O)c4cccnc4)ccc3C2=O)c1. The number of allylic oxidation sites excluding steroid dienone is 1. The summed E-state index contributed by atoms with van der Waals surface area (Å²) in [4.78, 5) is 28.8. The van der Waals surface area contributed by atoms with E-state index in [1.807, 2.05) is 0 Å². The highest BCUT2D eigenvalue weighted by Crippen LogP contribution is 2.36. The predicted molar refractivity (Wildman–Crippen MR) is 108 cm³/mol. The topological polar surface area (TPSA) is 83.9 Å². The van der Waals surface area contributed by atoms with E-state index in [0.717, 1.165) is 0 Å². The number of hydrogen-bond acceptors (Lipinski definition) is 7. The van der Waals surface area contributed by atoms with Crippen LogP contribution in [0, 0.1) is 0 Å². The van der Waals surface area contributed by atoms with Crippen LogP contribution in [0.5, 0.6) is 23.0 Å². The first-order valence-electron chi connectivity index (χ1n) is 9.01. The number of Topliss-reactive ketones (excluding diaryl/α,β-unsaturated/α-hetero) is 1. The molecular weight excluding hydrogens is 386 g/mol. The maximum Gasteiger partial charge on any atom is 0.345 e. The number of ketones is 1. The fourth-order valence-corrected chi connectivity index (χ4v) is 2.97. The van der Waals surface area contributed by atoms with Crippen molar-refractivity contribution in [3.8, 4) is 23.0 Å². The van der Waals surface area contributed by atoms with E-state index in [1.165, 1.54) is 12.3 Å². The Hall–Kier alpha value is -4.13. The third-order valence-electron chi connectivity index (χ3n) is 4.47. The van der Waals surface area contributed by atoms with Crippen LogP contribution in [0.4, 0.5) is 0 Å². The minimum absolute atomic E-state index is 0.132. The van der Waals surface area contributed by atoms with Crippen molar-refractivity contribution in [2.45, 2.75) is 0 Å². The Morgan fingerprint density at radius 2 is 1.87 bits per heavy atom. The van der Waals surface area contributed by atoms with Crippen molar-refractivity contribution in [2.24, 2.45) is 0 Å². The molecule has 0 spiro atoms. The molecule has 2 heterocycles. The van der Waals surface area contributed by atoms with E-state index in [4.69, 9.17) is 18.9 Å². The maximum absolute atomic E-state index is 12.7. The molecule has 3 aromatic rings. The van der Waals surface area contributed by atoms with E-state index in [9.17, 15) is 9.59 Å². The molecule has 0 fully saturated rings. The van der Waals surface area contributed by atoms with E-state index >= 15 is 0 Å². The summed E-state index contributed by atoms with van der Waals surface area (Å²) in [7, 11) is 3.10. The van der Waals surface area contributed by atoms with Gasteiger partial charge in [-0.3, -0.25) is 9.78 Å². The molecule has 4 rings (SSSR count). The van der Waals surface area contributed by atoms with E-state index in [-0.39, 0.29) is 17.3 Å². The number of ether oxygens (including phenoxy) is 4. The standard InChI is InChI=1S/C23H17NO6/c1-27-16-6-8-19(28-2)15(10-16)11-21-22(25)18-7-5-17(12-20(18)30-21)29-23(26)14-4-3-9-24-13-14/h3-13H,1-2H3/b21-11-. The van der Waals surface area contributed by atoms with Crippen molar-refractivity contribution in [3.63, 3.8) is 0 Å². The van der Waals surface area contributed by atoms with Crippen LogP contribution in [0.1, 0.15) is 26.3 Å². The molecule has 150 valence electrons. The third-order valence-corrected chi connectivity index (χ3v) is 4.47. The molecule has 30 heavy (non-hydrogen) atoms. The second-order valence-electron chi connectivity index (χ2n) is 6.34. The van der Waals surface area contributed by atoms with Gasteiger partial charge in [-0.15, -0.1) is 0 Å². The lowest BCUT2D eigenvalue weighted by atomic mass is 10.1. The fourth-order valence-electron chi connectivity index (χ4n) is 2.97. The number of esters is 1. The number of benzene rings is 2. The molecule has 0 saturated heterocycles. The number of pyridine rings is 1. The summed E-state index contributed by atoms with van der Waals surface area (Å²) in [6.07, 6.45) is 4.57. The summed E-state index contributed by atoms with van der Waals surface area (Å²) in [6.45, 7) is 0. The summed E-state index contributed by atoms with van der Waals surface area (Å²) in [5, 5.41) is 0. The Labute approximate surface area is 172 Å². The van der Waals surface area contributed by atoms with E-state index in [2.05, 4.69) is 4.98 Å². The van der Waals surface area contributed by atoms with Crippen LogP contribution in [-0.4, -0.2) is 31.0 Å². The van der Waals surface area contributed by atoms with Crippen LogP contribution >= 0.6 is 0 Å². The molecule has 0 aliphatic carbocycles. The van der Waals surface area contributed by atoms with Gasteiger partial charge in [0.1, 0.15) is 23.0 Å². The second kappa shape index (κ2) is 8.08. The molecular formula is C23H17NO6. The quantitative estimate of drug-likeness (QED) is 0.362. The number of aromatic nitrogens is 1. The lowest BCUT2D eigenvalue weighted by Gasteiger charge is -2.08. The molecule has 0 atom stereocenters. The van der Waals surface area contributed by atoms with E-state index in [0.29, 0.717) is 33.9 Å². The van der Waals surface area contributed by atoms with Gasteiger partial charge in [-0.25, -0.2) is 4.79 Å². The molecule has 0 N–H and O–H groups in total. The number of carbonyl (C=O) groups excluding carboxylic acids is 2. The zero-order valence-electron chi connectivity index (χ0n) is 16.2. The zero-order valence-corrected chi connectivity index (χ0v) is 16.2. The minimum Gasteiger partial charge on any atom is -0.497 e. The van der Waals surface area contributed by atoms with E-state index < -0.39 is 5.97 Å². The summed E-state index contributed by atoms with van der Waals surface area (Å²) in [5.74, 6) is 1.06. The van der Waals surface area contributed by atoms with Crippen molar-refractivity contribution in [1.29, 1.82) is 0 Å². The molecule has 0 unspecified atom stereocenters. The summed E-state index contributed by atoms with van der Waals surface area (Å²) in [5.41, 5.74) is 1.33. The number of methoxy groups -OCH3 is 2. The van der Waals surface area contributed by atoms with Gasteiger partial charge in [-0.2, -0.15) is 0 Å². The monoisotopic (exact) mass is 403 g/mol. The Bertz CT molecular complexity index is 1150. The molecule has 7 nitrogen and oxygen atoms in total. The number of fused-ring (bicyclic) bond motifs is 1. The molecule has 1 aliphatic rings. The minimum atomic E-state index is -0.552. The number of hydrogen-bond donors (Lipinski definition) is 0. The fraction of sp³-hybridized carbons (Fsp3) is 0.0870. The smallest absolute Gasteiger partial charge is 0.345 e. The maximum atomic E-state index is 12.7. The van der Waals surface area contributed by atoms with Crippen LogP contribution in [0.15, 0.2) is 66.7 Å². The van der Waals surface area contributed by atoms with Crippen molar-refractivity contribution < 1.29 is 28.5 Å². The average molecular weight is 403 g/mol. The first-order chi connectivity index (χ1) is 14.6. The number of nitrogens with zero attached hydrogens (tertiary/aromatic N) is 1. The zero-order chi connectivity index (χ0) is 21.1. The Balaban J connectivity index is 1.59. The van der Waals surface area contributed by atoms with Gasteiger partial charge < -0.3 is 18.9 Å². The lowest BCUT2D eigenvalue weighted by molar-refractivity contribution is 0.0734. The molecule has 1 aliphatic heterocycles. The number of carbonyl (C=O) groups is 2. The van der Waals surface area contributed by atoms with Gasteiger partial charge in [0.25, 0.3) is 0 Å². The van der Waals surface area contributed by atoms with Gasteiger partial charge in [0, 0.05) is 24.0 Å². The van der Waals surface area contributed by atoms with Crippen LogP contribution in [-0.2, 0) is 0 Å². The Morgan fingerprint density at radius 1 is 1.03 bits per heavy atom. The van der Waals surface area contributed by atoms with Crippen molar-refractivity contribution in [1.82, 2.24) is 4.98 Å². The van der Waals surface area contributed by atoms with Crippen LogP contribution in [0.3, 0.4) is 0 Å². The Kier molecular flexibility index (Phi) is 5.17. The number of rotatable bonds is 5. The molecule has 1 aromatic heterocycles. The predicted octanol–water partition coefficient (Wildman–Crippen LogP) is 3.93. The van der Waals surface area contributed by atoms with Gasteiger partial charge in [0.05, 0.1) is 25.3 Å². The van der Waals surface area contributed by atoms with Gasteiger partial charge in [0.15, 0.2) is 5.76 Å². The van der Waals surface area contributed by atoms with Gasteiger partial charge in [-0.05, 0) is 48.5 Å². The van der Waals surface area contributed by atoms with Gasteiger partial charge >= 0.3 is 5.97 Å².